The SMILES string of the molecule is CCCCC1(CCCC)CN(c2ccc(F)c(F)c2)c2cc(SC)c(OCCC(=O)O)cc2S(O)(O)C1. The van der Waals surface area contributed by atoms with Gasteiger partial charge >= 0.3 is 5.97 Å². The lowest BCUT2D eigenvalue weighted by Gasteiger charge is -2.42. The average Bonchev–Trinajstić information content (AvgIpc) is 2.94. The molecular weight excluding hydrogens is 520 g/mol. The predicted octanol–water partition coefficient (Wildman–Crippen LogP) is 8.17. The summed E-state index contributed by atoms with van der Waals surface area (Å²) in [4.78, 5) is 13.8. The minimum atomic E-state index is -3.31. The van der Waals surface area contributed by atoms with Crippen LogP contribution in [-0.4, -0.2) is 45.3 Å². The number of carbonyl (C=O) groups is 1. The van der Waals surface area contributed by atoms with Crippen molar-refractivity contribution in [2.24, 2.45) is 5.41 Å². The number of hydrogen-bond acceptors (Lipinski definition) is 6. The van der Waals surface area contributed by atoms with Crippen LogP contribution in [0.15, 0.2) is 40.1 Å². The molecule has 2 aromatic rings. The number of unbranched alkanes of at least 4 members (excludes halogenated alkanes) is 2. The number of carboxylic acid groups (broad SMARTS) is 1. The number of anilines is 2. The van der Waals surface area contributed by atoms with E-state index in [2.05, 4.69) is 13.8 Å². The van der Waals surface area contributed by atoms with Crippen molar-refractivity contribution < 1.29 is 32.5 Å². The fourth-order valence-electron chi connectivity index (χ4n) is 4.91. The van der Waals surface area contributed by atoms with E-state index in [0.717, 1.165) is 50.7 Å². The molecule has 0 spiro atoms. The molecule has 2 aromatic carbocycles. The van der Waals surface area contributed by atoms with Crippen LogP contribution in [0.25, 0.3) is 0 Å². The molecule has 0 radical (unpaired) electrons. The number of hydrogen-bond donors (Lipinski definition) is 3. The van der Waals surface area contributed by atoms with Gasteiger partial charge in [-0.25, -0.2) is 8.78 Å². The third-order valence-electron chi connectivity index (χ3n) is 6.80. The zero-order valence-electron chi connectivity index (χ0n) is 21.6. The summed E-state index contributed by atoms with van der Waals surface area (Å²) in [6, 6.07) is 7.12. The first-order chi connectivity index (χ1) is 17.6. The summed E-state index contributed by atoms with van der Waals surface area (Å²) in [6.07, 6.45) is 6.89. The first-order valence-corrected chi connectivity index (χ1v) is 15.5. The predicted molar refractivity (Wildman–Crippen MR) is 147 cm³/mol. The van der Waals surface area contributed by atoms with Gasteiger partial charge in [0.25, 0.3) is 0 Å². The van der Waals surface area contributed by atoms with Gasteiger partial charge in [-0.05, 0) is 37.3 Å². The number of aliphatic carboxylic acids is 1. The van der Waals surface area contributed by atoms with Gasteiger partial charge in [-0.1, -0.05) is 39.5 Å². The molecule has 0 bridgehead atoms. The minimum absolute atomic E-state index is 0.0648. The molecule has 0 unspecified atom stereocenters. The van der Waals surface area contributed by atoms with Gasteiger partial charge in [0.2, 0.25) is 0 Å². The van der Waals surface area contributed by atoms with Crippen LogP contribution in [0.2, 0.25) is 0 Å². The third kappa shape index (κ3) is 7.10. The van der Waals surface area contributed by atoms with Crippen LogP contribution in [0.1, 0.15) is 58.8 Å². The molecule has 0 aromatic heterocycles. The molecule has 0 atom stereocenters. The van der Waals surface area contributed by atoms with Gasteiger partial charge in [0.1, 0.15) is 5.75 Å². The van der Waals surface area contributed by atoms with Crippen LogP contribution in [0.3, 0.4) is 0 Å². The van der Waals surface area contributed by atoms with E-state index in [1.54, 1.807) is 12.1 Å². The summed E-state index contributed by atoms with van der Waals surface area (Å²) in [5, 5.41) is 9.01. The van der Waals surface area contributed by atoms with Gasteiger partial charge in [-0.3, -0.25) is 13.9 Å². The molecule has 206 valence electrons. The van der Waals surface area contributed by atoms with Gasteiger partial charge in [0.05, 0.1) is 28.5 Å². The first kappa shape index (κ1) is 29.5. The van der Waals surface area contributed by atoms with Crippen LogP contribution < -0.4 is 9.64 Å². The summed E-state index contributed by atoms with van der Waals surface area (Å²) in [5.41, 5.74) is 0.482. The van der Waals surface area contributed by atoms with Gasteiger partial charge < -0.3 is 14.7 Å². The summed E-state index contributed by atoms with van der Waals surface area (Å²) >= 11 is 1.38. The number of nitrogens with zero attached hydrogens (tertiary/aromatic N) is 1. The molecule has 10 heteroatoms. The van der Waals surface area contributed by atoms with E-state index in [1.165, 1.54) is 17.8 Å². The van der Waals surface area contributed by atoms with Crippen molar-refractivity contribution in [3.63, 3.8) is 0 Å². The number of rotatable bonds is 12. The Bertz CT molecular complexity index is 1090. The second kappa shape index (κ2) is 12.7. The maximum Gasteiger partial charge on any atom is 0.306 e. The molecule has 0 fully saturated rings. The molecule has 6 nitrogen and oxygen atoms in total. The van der Waals surface area contributed by atoms with Crippen molar-refractivity contribution in [2.45, 2.75) is 68.6 Å². The molecule has 37 heavy (non-hydrogen) atoms. The lowest BCUT2D eigenvalue weighted by Crippen LogP contribution is -2.38. The van der Waals surface area contributed by atoms with Gasteiger partial charge in [0, 0.05) is 35.5 Å². The summed E-state index contributed by atoms with van der Waals surface area (Å²) in [7, 11) is -3.31. The normalized spacial score (nSPS) is 17.1. The van der Waals surface area contributed by atoms with Gasteiger partial charge in [-0.15, -0.1) is 11.8 Å². The number of halogens is 2. The standard InChI is InChI=1S/C27H37F2NO5S2/c1-4-6-11-27(12-7-5-2)17-30(19-8-9-20(28)21(29)14-19)22-15-24(36-3)23(35-13-10-26(31)32)16-25(22)37(33,34)18-27/h8-9,14-16,33-34H,4-7,10-13,17-18H2,1-3H3,(H,31,32). The molecule has 1 aliphatic heterocycles. The van der Waals surface area contributed by atoms with E-state index in [9.17, 15) is 22.7 Å². The van der Waals surface area contributed by atoms with E-state index >= 15 is 0 Å². The Morgan fingerprint density at radius 2 is 1.78 bits per heavy atom. The highest BCUT2D eigenvalue weighted by Crippen LogP contribution is 2.62. The van der Waals surface area contributed by atoms with Crippen LogP contribution in [-0.2, 0) is 4.79 Å². The van der Waals surface area contributed by atoms with Crippen molar-refractivity contribution in [3.8, 4) is 5.75 Å². The molecule has 0 aliphatic carbocycles. The fraction of sp³-hybridized carbons (Fsp3) is 0.519. The first-order valence-electron chi connectivity index (χ1n) is 12.6. The molecular formula is C27H37F2NO5S2. The molecule has 0 amide bonds. The topological polar surface area (TPSA) is 90.2 Å². The number of fused-ring (bicyclic) bond motifs is 1. The maximum absolute atomic E-state index is 14.4. The summed E-state index contributed by atoms with van der Waals surface area (Å²) in [5.74, 6) is -2.39. The second-order valence-corrected chi connectivity index (χ2v) is 12.6. The Kier molecular flexibility index (Phi) is 10.1. The Morgan fingerprint density at radius 1 is 1.11 bits per heavy atom. The quantitative estimate of drug-likeness (QED) is 0.227. The molecule has 3 N–H and O–H groups in total. The van der Waals surface area contributed by atoms with Gasteiger partial charge in [-0.2, -0.15) is 10.6 Å². The van der Waals surface area contributed by atoms with Crippen molar-refractivity contribution in [3.05, 3.63) is 42.0 Å². The molecule has 0 saturated carbocycles. The lowest BCUT2D eigenvalue weighted by atomic mass is 9.79. The highest BCUT2D eigenvalue weighted by molar-refractivity contribution is 8.24. The third-order valence-corrected chi connectivity index (χ3v) is 9.60. The number of carboxylic acids is 1. The van der Waals surface area contributed by atoms with E-state index in [0.29, 0.717) is 28.6 Å². The largest absolute Gasteiger partial charge is 0.492 e. The summed E-state index contributed by atoms with van der Waals surface area (Å²) in [6.45, 7) is 4.55. The molecule has 1 heterocycles. The Balaban J connectivity index is 2.22. The fourth-order valence-corrected chi connectivity index (χ4v) is 7.65. The monoisotopic (exact) mass is 557 g/mol. The van der Waals surface area contributed by atoms with Crippen molar-refractivity contribution >= 4 is 39.7 Å². The average molecular weight is 558 g/mol. The second-order valence-electron chi connectivity index (χ2n) is 9.67. The smallest absolute Gasteiger partial charge is 0.306 e. The molecule has 1 aliphatic rings. The molecule has 0 saturated heterocycles. The van der Waals surface area contributed by atoms with Crippen LogP contribution >= 0.6 is 22.4 Å². The van der Waals surface area contributed by atoms with E-state index in [1.807, 2.05) is 11.2 Å². The highest BCUT2D eigenvalue weighted by Gasteiger charge is 2.42. The minimum Gasteiger partial charge on any atom is -0.492 e. The van der Waals surface area contributed by atoms with Crippen LogP contribution in [0.4, 0.5) is 20.2 Å². The van der Waals surface area contributed by atoms with Crippen LogP contribution in [0.5, 0.6) is 5.75 Å². The summed E-state index contributed by atoms with van der Waals surface area (Å²) < 4.78 is 57.3. The zero-order valence-corrected chi connectivity index (χ0v) is 23.3. The number of benzene rings is 2. The van der Waals surface area contributed by atoms with E-state index in [4.69, 9.17) is 9.84 Å². The lowest BCUT2D eigenvalue weighted by molar-refractivity contribution is -0.137. The maximum atomic E-state index is 14.4. The van der Waals surface area contributed by atoms with E-state index in [-0.39, 0.29) is 23.7 Å². The van der Waals surface area contributed by atoms with E-state index < -0.39 is 33.6 Å². The Hall–Kier alpha value is -2.01. The van der Waals surface area contributed by atoms with Crippen molar-refractivity contribution in [1.29, 1.82) is 0 Å². The number of thioether (sulfide) groups is 1. The van der Waals surface area contributed by atoms with Crippen molar-refractivity contribution in [2.75, 3.05) is 30.1 Å². The Labute approximate surface area is 223 Å². The molecule has 3 rings (SSSR count). The number of ether oxygens (including phenoxy) is 1. The highest BCUT2D eigenvalue weighted by atomic mass is 32.3. The van der Waals surface area contributed by atoms with Gasteiger partial charge in [0.15, 0.2) is 11.6 Å². The zero-order chi connectivity index (χ0) is 27.2. The Morgan fingerprint density at radius 3 is 2.35 bits per heavy atom. The van der Waals surface area contributed by atoms with Crippen molar-refractivity contribution in [1.82, 2.24) is 0 Å². The van der Waals surface area contributed by atoms with Crippen LogP contribution in [0, 0.1) is 17.0 Å².